The van der Waals surface area contributed by atoms with E-state index < -0.39 is 0 Å². The molecule has 1 unspecified atom stereocenters. The van der Waals surface area contributed by atoms with Crippen LogP contribution in [0.5, 0.6) is 0 Å². The lowest BCUT2D eigenvalue weighted by molar-refractivity contribution is 0.573. The molecule has 2 rings (SSSR count). The second kappa shape index (κ2) is 6.23. The van der Waals surface area contributed by atoms with Crippen molar-refractivity contribution in [2.75, 3.05) is 0 Å². The van der Waals surface area contributed by atoms with Gasteiger partial charge in [-0.25, -0.2) is 0 Å². The number of benzene rings is 2. The molecule has 100 valence electrons. The third-order valence-electron chi connectivity index (χ3n) is 3.47. The van der Waals surface area contributed by atoms with Gasteiger partial charge in [0.2, 0.25) is 0 Å². The van der Waals surface area contributed by atoms with E-state index in [9.17, 15) is 0 Å². The predicted octanol–water partition coefficient (Wildman–Crippen LogP) is 4.81. The van der Waals surface area contributed by atoms with Crippen LogP contribution >= 0.6 is 11.6 Å². The van der Waals surface area contributed by atoms with Gasteiger partial charge in [0.05, 0.1) is 0 Å². The molecule has 0 bridgehead atoms. The Hall–Kier alpha value is -1.31. The SMILES string of the molecule is Cc1ccc(CNC(C)c2ccccc2Cl)c(C)c1. The molecular formula is C17H20ClN. The van der Waals surface area contributed by atoms with E-state index in [1.165, 1.54) is 16.7 Å². The largest absolute Gasteiger partial charge is 0.306 e. The Kier molecular flexibility index (Phi) is 4.62. The van der Waals surface area contributed by atoms with Gasteiger partial charge in [0.15, 0.2) is 0 Å². The number of hydrogen-bond acceptors (Lipinski definition) is 1. The van der Waals surface area contributed by atoms with Crippen LogP contribution in [0.25, 0.3) is 0 Å². The van der Waals surface area contributed by atoms with Crippen LogP contribution in [0, 0.1) is 13.8 Å². The molecule has 0 fully saturated rings. The number of nitrogens with one attached hydrogen (secondary N) is 1. The zero-order chi connectivity index (χ0) is 13.8. The molecular weight excluding hydrogens is 254 g/mol. The molecule has 0 saturated heterocycles. The number of aryl methyl sites for hydroxylation is 2. The smallest absolute Gasteiger partial charge is 0.0453 e. The minimum atomic E-state index is 0.245. The van der Waals surface area contributed by atoms with Crippen LogP contribution < -0.4 is 5.32 Å². The summed E-state index contributed by atoms with van der Waals surface area (Å²) in [5, 5.41) is 4.35. The van der Waals surface area contributed by atoms with Gasteiger partial charge in [-0.15, -0.1) is 0 Å². The van der Waals surface area contributed by atoms with E-state index in [0.717, 1.165) is 17.1 Å². The molecule has 0 amide bonds. The average molecular weight is 274 g/mol. The molecule has 19 heavy (non-hydrogen) atoms. The Morgan fingerprint density at radius 1 is 1.11 bits per heavy atom. The van der Waals surface area contributed by atoms with Gasteiger partial charge in [0.25, 0.3) is 0 Å². The first kappa shape index (κ1) is 14.1. The Morgan fingerprint density at radius 2 is 1.84 bits per heavy atom. The summed E-state index contributed by atoms with van der Waals surface area (Å²) in [5.41, 5.74) is 5.12. The lowest BCUT2D eigenvalue weighted by atomic mass is 10.0. The number of hydrogen-bond donors (Lipinski definition) is 1. The van der Waals surface area contributed by atoms with Gasteiger partial charge >= 0.3 is 0 Å². The van der Waals surface area contributed by atoms with E-state index in [1.54, 1.807) is 0 Å². The fourth-order valence-corrected chi connectivity index (χ4v) is 2.54. The molecule has 1 nitrogen and oxygen atoms in total. The first-order chi connectivity index (χ1) is 9.08. The Bertz CT molecular complexity index is 563. The average Bonchev–Trinajstić information content (AvgIpc) is 2.38. The van der Waals surface area contributed by atoms with E-state index in [0.29, 0.717) is 0 Å². The van der Waals surface area contributed by atoms with Gasteiger partial charge in [-0.05, 0) is 43.5 Å². The van der Waals surface area contributed by atoms with Crippen molar-refractivity contribution >= 4 is 11.6 Å². The minimum absolute atomic E-state index is 0.245. The molecule has 0 aliphatic heterocycles. The van der Waals surface area contributed by atoms with Crippen LogP contribution in [0.1, 0.15) is 35.2 Å². The predicted molar refractivity (Wildman–Crippen MR) is 82.6 cm³/mol. The van der Waals surface area contributed by atoms with E-state index >= 15 is 0 Å². The van der Waals surface area contributed by atoms with Crippen LogP contribution in [0.3, 0.4) is 0 Å². The van der Waals surface area contributed by atoms with E-state index in [1.807, 2.05) is 18.2 Å². The second-order valence-electron chi connectivity index (χ2n) is 5.05. The van der Waals surface area contributed by atoms with E-state index in [4.69, 9.17) is 11.6 Å². The third kappa shape index (κ3) is 3.59. The van der Waals surface area contributed by atoms with Crippen molar-refractivity contribution < 1.29 is 0 Å². The Labute approximate surface area is 120 Å². The summed E-state index contributed by atoms with van der Waals surface area (Å²) in [5.74, 6) is 0. The van der Waals surface area contributed by atoms with Gasteiger partial charge in [-0.2, -0.15) is 0 Å². The lowest BCUT2D eigenvalue weighted by Crippen LogP contribution is -2.19. The quantitative estimate of drug-likeness (QED) is 0.843. The maximum atomic E-state index is 6.21. The zero-order valence-corrected chi connectivity index (χ0v) is 12.5. The van der Waals surface area contributed by atoms with Gasteiger partial charge < -0.3 is 5.32 Å². The number of rotatable bonds is 4. The van der Waals surface area contributed by atoms with Crippen LogP contribution in [-0.4, -0.2) is 0 Å². The lowest BCUT2D eigenvalue weighted by Gasteiger charge is -2.16. The summed E-state index contributed by atoms with van der Waals surface area (Å²) in [4.78, 5) is 0. The molecule has 1 N–H and O–H groups in total. The van der Waals surface area contributed by atoms with Gasteiger partial charge in [0.1, 0.15) is 0 Å². The molecule has 2 aromatic carbocycles. The molecule has 0 aliphatic carbocycles. The van der Waals surface area contributed by atoms with Gasteiger partial charge in [-0.1, -0.05) is 53.6 Å². The number of halogens is 1. The van der Waals surface area contributed by atoms with Gasteiger partial charge in [-0.3, -0.25) is 0 Å². The summed E-state index contributed by atoms with van der Waals surface area (Å²) in [7, 11) is 0. The van der Waals surface area contributed by atoms with Crippen molar-refractivity contribution in [2.24, 2.45) is 0 Å². The standard InChI is InChI=1S/C17H20ClN/c1-12-8-9-15(13(2)10-12)11-19-14(3)16-6-4-5-7-17(16)18/h4-10,14,19H,11H2,1-3H3. The van der Waals surface area contributed by atoms with Crippen LogP contribution in [-0.2, 0) is 6.54 Å². The molecule has 0 heterocycles. The topological polar surface area (TPSA) is 12.0 Å². The maximum absolute atomic E-state index is 6.21. The van der Waals surface area contributed by atoms with E-state index in [2.05, 4.69) is 50.4 Å². The summed E-state index contributed by atoms with van der Waals surface area (Å²) in [6.07, 6.45) is 0. The summed E-state index contributed by atoms with van der Waals surface area (Å²) in [6, 6.07) is 14.8. The molecule has 0 radical (unpaired) electrons. The summed E-state index contributed by atoms with van der Waals surface area (Å²) < 4.78 is 0. The molecule has 0 aromatic heterocycles. The molecule has 0 saturated carbocycles. The fraction of sp³-hybridized carbons (Fsp3) is 0.294. The Morgan fingerprint density at radius 3 is 2.53 bits per heavy atom. The summed E-state index contributed by atoms with van der Waals surface area (Å²) in [6.45, 7) is 7.28. The summed E-state index contributed by atoms with van der Waals surface area (Å²) >= 11 is 6.21. The second-order valence-corrected chi connectivity index (χ2v) is 5.46. The van der Waals surface area contributed by atoms with Crippen molar-refractivity contribution in [3.05, 3.63) is 69.7 Å². The highest BCUT2D eigenvalue weighted by molar-refractivity contribution is 6.31. The first-order valence-electron chi connectivity index (χ1n) is 6.62. The highest BCUT2D eigenvalue weighted by atomic mass is 35.5. The highest BCUT2D eigenvalue weighted by Gasteiger charge is 2.08. The van der Waals surface area contributed by atoms with Crippen LogP contribution in [0.4, 0.5) is 0 Å². The minimum Gasteiger partial charge on any atom is -0.306 e. The van der Waals surface area contributed by atoms with Crippen LogP contribution in [0.2, 0.25) is 5.02 Å². The van der Waals surface area contributed by atoms with Crippen molar-refractivity contribution in [1.29, 1.82) is 0 Å². The normalized spacial score (nSPS) is 12.4. The van der Waals surface area contributed by atoms with Crippen molar-refractivity contribution in [2.45, 2.75) is 33.4 Å². The fourth-order valence-electron chi connectivity index (χ4n) is 2.24. The van der Waals surface area contributed by atoms with E-state index in [-0.39, 0.29) is 6.04 Å². The monoisotopic (exact) mass is 273 g/mol. The zero-order valence-electron chi connectivity index (χ0n) is 11.7. The van der Waals surface area contributed by atoms with Crippen molar-refractivity contribution in [3.8, 4) is 0 Å². The van der Waals surface area contributed by atoms with Gasteiger partial charge in [0, 0.05) is 17.6 Å². The van der Waals surface area contributed by atoms with Crippen molar-refractivity contribution in [1.82, 2.24) is 5.32 Å². The molecule has 2 heteroatoms. The van der Waals surface area contributed by atoms with Crippen LogP contribution in [0.15, 0.2) is 42.5 Å². The maximum Gasteiger partial charge on any atom is 0.0453 e. The third-order valence-corrected chi connectivity index (χ3v) is 3.81. The molecule has 2 aromatic rings. The Balaban J connectivity index is 2.04. The first-order valence-corrected chi connectivity index (χ1v) is 6.99. The highest BCUT2D eigenvalue weighted by Crippen LogP contribution is 2.22. The molecule has 1 atom stereocenters. The molecule has 0 aliphatic rings. The molecule has 0 spiro atoms. The van der Waals surface area contributed by atoms with Crippen molar-refractivity contribution in [3.63, 3.8) is 0 Å².